The molecule has 3 rings (SSSR count). The van der Waals surface area contributed by atoms with Crippen LogP contribution >= 0.6 is 11.6 Å². The van der Waals surface area contributed by atoms with E-state index < -0.39 is 15.8 Å². The maximum Gasteiger partial charge on any atom is 0.264 e. The van der Waals surface area contributed by atoms with Crippen LogP contribution in [0.15, 0.2) is 76.2 Å². The molecule has 0 radical (unpaired) electrons. The van der Waals surface area contributed by atoms with Gasteiger partial charge in [0.2, 0.25) is 0 Å². The molecular formula is C17H13ClFNO3S. The molecule has 0 aliphatic rings. The van der Waals surface area contributed by atoms with Gasteiger partial charge in [-0.3, -0.25) is 4.31 Å². The first-order valence-electron chi connectivity index (χ1n) is 7.03. The van der Waals surface area contributed by atoms with Crippen LogP contribution in [0.25, 0.3) is 0 Å². The Bertz CT molecular complexity index is 907. The van der Waals surface area contributed by atoms with Crippen molar-refractivity contribution in [3.8, 4) is 0 Å². The molecule has 0 saturated carbocycles. The predicted octanol–water partition coefficient (Wildman–Crippen LogP) is 4.47. The van der Waals surface area contributed by atoms with Crippen molar-refractivity contribution in [3.05, 3.63) is 83.5 Å². The summed E-state index contributed by atoms with van der Waals surface area (Å²) in [5.74, 6) is -0.0198. The fraction of sp³-hybridized carbons (Fsp3) is 0.0588. The first-order chi connectivity index (χ1) is 11.5. The zero-order valence-electron chi connectivity index (χ0n) is 12.4. The molecule has 1 heterocycles. The Balaban J connectivity index is 2.05. The van der Waals surface area contributed by atoms with Crippen molar-refractivity contribution < 1.29 is 17.2 Å². The highest BCUT2D eigenvalue weighted by atomic mass is 35.5. The van der Waals surface area contributed by atoms with Gasteiger partial charge in [-0.15, -0.1) is 0 Å². The fourth-order valence-corrected chi connectivity index (χ4v) is 3.76. The molecule has 0 atom stereocenters. The van der Waals surface area contributed by atoms with E-state index in [0.717, 1.165) is 12.1 Å². The van der Waals surface area contributed by atoms with E-state index in [2.05, 4.69) is 0 Å². The van der Waals surface area contributed by atoms with Crippen molar-refractivity contribution in [2.24, 2.45) is 0 Å². The zero-order valence-corrected chi connectivity index (χ0v) is 14.0. The molecule has 2 aromatic carbocycles. The van der Waals surface area contributed by atoms with Crippen LogP contribution in [0, 0.1) is 5.82 Å². The summed E-state index contributed by atoms with van der Waals surface area (Å²) in [5.41, 5.74) is 0.431. The molecule has 124 valence electrons. The molecule has 0 unspecified atom stereocenters. The van der Waals surface area contributed by atoms with Gasteiger partial charge in [0.1, 0.15) is 11.6 Å². The average Bonchev–Trinajstić information content (AvgIpc) is 3.07. The minimum absolute atomic E-state index is 0.00828. The van der Waals surface area contributed by atoms with Crippen molar-refractivity contribution in [1.82, 2.24) is 0 Å². The highest BCUT2D eigenvalue weighted by Gasteiger charge is 2.26. The maximum atomic E-state index is 13.1. The summed E-state index contributed by atoms with van der Waals surface area (Å²) in [6.07, 6.45) is 1.47. The summed E-state index contributed by atoms with van der Waals surface area (Å²) in [6, 6.07) is 14.5. The summed E-state index contributed by atoms with van der Waals surface area (Å²) in [4.78, 5) is -0.00888. The van der Waals surface area contributed by atoms with Gasteiger partial charge >= 0.3 is 0 Å². The number of hydrogen-bond donors (Lipinski definition) is 0. The van der Waals surface area contributed by atoms with Gasteiger partial charge in [0.15, 0.2) is 0 Å². The maximum absolute atomic E-state index is 13.1. The Labute approximate surface area is 144 Å². The molecule has 7 heteroatoms. The molecule has 0 saturated heterocycles. The van der Waals surface area contributed by atoms with Gasteiger partial charge in [-0.1, -0.05) is 11.6 Å². The second-order valence-electron chi connectivity index (χ2n) is 5.02. The van der Waals surface area contributed by atoms with Crippen LogP contribution in [0.5, 0.6) is 0 Å². The van der Waals surface area contributed by atoms with Crippen LogP contribution in [0.2, 0.25) is 5.02 Å². The molecule has 24 heavy (non-hydrogen) atoms. The topological polar surface area (TPSA) is 50.5 Å². The van der Waals surface area contributed by atoms with Crippen LogP contribution in [0.1, 0.15) is 5.76 Å². The third-order valence-corrected chi connectivity index (χ3v) is 5.44. The number of nitrogens with zero attached hydrogens (tertiary/aromatic N) is 1. The Morgan fingerprint density at radius 1 is 1.00 bits per heavy atom. The highest BCUT2D eigenvalue weighted by Crippen LogP contribution is 2.27. The van der Waals surface area contributed by atoms with Gasteiger partial charge < -0.3 is 4.42 Å². The average molecular weight is 366 g/mol. The van der Waals surface area contributed by atoms with E-state index in [1.807, 2.05) is 0 Å². The minimum atomic E-state index is -3.90. The monoisotopic (exact) mass is 365 g/mol. The number of furan rings is 1. The largest absolute Gasteiger partial charge is 0.467 e. The van der Waals surface area contributed by atoms with Crippen molar-refractivity contribution in [2.45, 2.75) is 11.4 Å². The van der Waals surface area contributed by atoms with E-state index in [-0.39, 0.29) is 11.4 Å². The first kappa shape index (κ1) is 16.5. The van der Waals surface area contributed by atoms with Crippen molar-refractivity contribution in [1.29, 1.82) is 0 Å². The number of anilines is 1. The Kier molecular flexibility index (Phi) is 4.59. The zero-order chi connectivity index (χ0) is 17.2. The summed E-state index contributed by atoms with van der Waals surface area (Å²) in [6.45, 7) is 0.00828. The lowest BCUT2D eigenvalue weighted by molar-refractivity contribution is 0.508. The van der Waals surface area contributed by atoms with E-state index in [1.165, 1.54) is 22.7 Å². The van der Waals surface area contributed by atoms with Gasteiger partial charge in [0.25, 0.3) is 10.0 Å². The molecule has 0 aliphatic heterocycles. The van der Waals surface area contributed by atoms with E-state index in [0.29, 0.717) is 16.5 Å². The van der Waals surface area contributed by atoms with E-state index >= 15 is 0 Å². The summed E-state index contributed by atoms with van der Waals surface area (Å²) < 4.78 is 45.5. The molecule has 0 N–H and O–H groups in total. The lowest BCUT2D eigenvalue weighted by Crippen LogP contribution is -2.30. The van der Waals surface area contributed by atoms with E-state index in [1.54, 1.807) is 36.4 Å². The van der Waals surface area contributed by atoms with Crippen LogP contribution in [-0.2, 0) is 16.6 Å². The minimum Gasteiger partial charge on any atom is -0.467 e. The van der Waals surface area contributed by atoms with Gasteiger partial charge in [-0.05, 0) is 60.7 Å². The number of rotatable bonds is 5. The van der Waals surface area contributed by atoms with Crippen molar-refractivity contribution in [3.63, 3.8) is 0 Å². The number of sulfonamides is 1. The molecule has 0 fully saturated rings. The molecular weight excluding hydrogens is 353 g/mol. The Morgan fingerprint density at radius 2 is 1.67 bits per heavy atom. The molecule has 3 aromatic rings. The standard InChI is InChI=1S/C17H13ClFNO3S/c18-13-3-7-15(8-4-13)20(12-16-2-1-11-23-16)24(21,22)17-9-5-14(19)6-10-17/h1-11H,12H2. The van der Waals surface area contributed by atoms with Crippen LogP contribution in [0.3, 0.4) is 0 Å². The number of benzene rings is 2. The summed E-state index contributed by atoms with van der Waals surface area (Å²) in [7, 11) is -3.90. The van der Waals surface area contributed by atoms with Crippen LogP contribution in [-0.4, -0.2) is 8.42 Å². The second kappa shape index (κ2) is 6.67. The smallest absolute Gasteiger partial charge is 0.264 e. The normalized spacial score (nSPS) is 11.4. The lowest BCUT2D eigenvalue weighted by atomic mass is 10.3. The van der Waals surface area contributed by atoms with Crippen molar-refractivity contribution in [2.75, 3.05) is 4.31 Å². The molecule has 1 aromatic heterocycles. The lowest BCUT2D eigenvalue weighted by Gasteiger charge is -2.23. The highest BCUT2D eigenvalue weighted by molar-refractivity contribution is 7.92. The van der Waals surface area contributed by atoms with Gasteiger partial charge in [-0.25, -0.2) is 12.8 Å². The first-order valence-corrected chi connectivity index (χ1v) is 8.85. The summed E-state index contributed by atoms with van der Waals surface area (Å²) >= 11 is 5.88. The van der Waals surface area contributed by atoms with Gasteiger partial charge in [-0.2, -0.15) is 0 Å². The third-order valence-electron chi connectivity index (χ3n) is 3.40. The molecule has 0 amide bonds. The van der Waals surface area contributed by atoms with E-state index in [9.17, 15) is 12.8 Å². The van der Waals surface area contributed by atoms with Crippen molar-refractivity contribution >= 4 is 27.3 Å². The van der Waals surface area contributed by atoms with Crippen LogP contribution < -0.4 is 4.31 Å². The van der Waals surface area contributed by atoms with E-state index in [4.69, 9.17) is 16.0 Å². The Morgan fingerprint density at radius 3 is 2.25 bits per heavy atom. The third kappa shape index (κ3) is 3.44. The molecule has 0 aliphatic carbocycles. The fourth-order valence-electron chi connectivity index (χ4n) is 2.20. The Hall–Kier alpha value is -2.31. The van der Waals surface area contributed by atoms with Crippen LogP contribution in [0.4, 0.5) is 10.1 Å². The SMILES string of the molecule is O=S(=O)(c1ccc(F)cc1)N(Cc1ccco1)c1ccc(Cl)cc1. The van der Waals surface area contributed by atoms with Gasteiger partial charge in [0, 0.05) is 5.02 Å². The number of halogens is 2. The molecule has 4 nitrogen and oxygen atoms in total. The molecule has 0 spiro atoms. The quantitative estimate of drug-likeness (QED) is 0.670. The predicted molar refractivity (Wildman–Crippen MR) is 89.9 cm³/mol. The van der Waals surface area contributed by atoms with Gasteiger partial charge in [0.05, 0.1) is 23.4 Å². The molecule has 0 bridgehead atoms. The second-order valence-corrected chi connectivity index (χ2v) is 7.32. The number of hydrogen-bond acceptors (Lipinski definition) is 3. The summed E-state index contributed by atoms with van der Waals surface area (Å²) in [5, 5.41) is 0.496.